The van der Waals surface area contributed by atoms with Gasteiger partial charge in [0.15, 0.2) is 0 Å². The lowest BCUT2D eigenvalue weighted by Crippen LogP contribution is -2.35. The van der Waals surface area contributed by atoms with E-state index in [4.69, 9.17) is 11.6 Å². The molecule has 0 aliphatic rings. The molecule has 3 aromatic rings. The molecule has 0 heterocycles. The Bertz CT molecular complexity index is 1100. The highest BCUT2D eigenvalue weighted by Crippen LogP contribution is 2.43. The van der Waals surface area contributed by atoms with Crippen molar-refractivity contribution in [1.82, 2.24) is 4.72 Å². The van der Waals surface area contributed by atoms with Crippen molar-refractivity contribution in [2.24, 2.45) is 0 Å². The average molecular weight is 436 g/mol. The second-order valence-electron chi connectivity index (χ2n) is 6.01. The van der Waals surface area contributed by atoms with Crippen LogP contribution in [0.5, 0.6) is 0 Å². The zero-order chi connectivity index (χ0) is 20.4. The van der Waals surface area contributed by atoms with Crippen LogP contribution in [0, 0.1) is 0 Å². The van der Waals surface area contributed by atoms with Crippen molar-refractivity contribution in [3.8, 4) is 11.1 Å². The van der Waals surface area contributed by atoms with Gasteiger partial charge in [-0.1, -0.05) is 66.2 Å². The first-order valence-corrected chi connectivity index (χ1v) is 11.6. The topological polar surface area (TPSA) is 109 Å². The van der Waals surface area contributed by atoms with Gasteiger partial charge in [0.1, 0.15) is 0 Å². The zero-order valence-electron chi connectivity index (χ0n) is 14.4. The second kappa shape index (κ2) is 8.17. The van der Waals surface area contributed by atoms with Gasteiger partial charge in [0.2, 0.25) is 10.0 Å². The van der Waals surface area contributed by atoms with Gasteiger partial charge < -0.3 is 14.4 Å². The van der Waals surface area contributed by atoms with Crippen LogP contribution in [0.4, 0.5) is 0 Å². The molecule has 1 atom stereocenters. The minimum absolute atomic E-state index is 0.0530. The molecule has 1 N–H and O–H groups in total. The van der Waals surface area contributed by atoms with Crippen molar-refractivity contribution in [2.75, 3.05) is 0 Å². The summed E-state index contributed by atoms with van der Waals surface area (Å²) in [5, 5.41) is 0.582. The summed E-state index contributed by atoms with van der Waals surface area (Å²) in [6, 6.07) is 20.3. The first kappa shape index (κ1) is 20.7. The highest BCUT2D eigenvalue weighted by molar-refractivity contribution is 7.89. The highest BCUT2D eigenvalue weighted by atomic mass is 35.5. The first-order valence-electron chi connectivity index (χ1n) is 8.12. The molecule has 0 aromatic heterocycles. The lowest BCUT2D eigenvalue weighted by Gasteiger charge is -2.38. The summed E-state index contributed by atoms with van der Waals surface area (Å²) in [6.45, 7) is 0. The lowest BCUT2D eigenvalue weighted by atomic mass is 10.1. The first-order chi connectivity index (χ1) is 13.2. The summed E-state index contributed by atoms with van der Waals surface area (Å²) in [6.07, 6.45) is 0. The smallest absolute Gasteiger partial charge is 0.241 e. The van der Waals surface area contributed by atoms with E-state index in [-0.39, 0.29) is 10.5 Å². The SMILES string of the molecule is O=P([O-])([O-])C(NS(=O)(=O)c1ccc(-c2ccc(Cl)cc2)cc1)c1ccccc1. The van der Waals surface area contributed by atoms with Gasteiger partial charge in [-0.2, -0.15) is 4.72 Å². The Morgan fingerprint density at radius 1 is 0.821 bits per heavy atom. The maximum Gasteiger partial charge on any atom is 0.241 e. The molecule has 9 heteroatoms. The molecule has 0 fully saturated rings. The van der Waals surface area contributed by atoms with Gasteiger partial charge in [-0.25, -0.2) is 8.42 Å². The third-order valence-corrected chi connectivity index (χ3v) is 6.97. The maximum absolute atomic E-state index is 12.6. The maximum atomic E-state index is 12.6. The van der Waals surface area contributed by atoms with Crippen molar-refractivity contribution in [2.45, 2.75) is 10.7 Å². The largest absolute Gasteiger partial charge is 0.809 e. The van der Waals surface area contributed by atoms with E-state index in [0.717, 1.165) is 11.1 Å². The molecule has 0 spiro atoms. The zero-order valence-corrected chi connectivity index (χ0v) is 16.8. The van der Waals surface area contributed by atoms with Gasteiger partial charge in [0, 0.05) is 5.02 Å². The Hall–Kier alpha value is -1.99. The molecule has 28 heavy (non-hydrogen) atoms. The van der Waals surface area contributed by atoms with Crippen LogP contribution < -0.4 is 14.5 Å². The van der Waals surface area contributed by atoms with Gasteiger partial charge in [0.05, 0.1) is 10.7 Å². The van der Waals surface area contributed by atoms with E-state index in [1.165, 1.54) is 36.4 Å². The molecule has 0 aliphatic carbocycles. The predicted octanol–water partition coefficient (Wildman–Crippen LogP) is 2.90. The van der Waals surface area contributed by atoms with Crippen LogP contribution in [0.25, 0.3) is 11.1 Å². The van der Waals surface area contributed by atoms with Crippen molar-refractivity contribution in [1.29, 1.82) is 0 Å². The molecule has 0 saturated heterocycles. The summed E-state index contributed by atoms with van der Waals surface area (Å²) >= 11 is 5.86. The van der Waals surface area contributed by atoms with Crippen molar-refractivity contribution >= 4 is 29.2 Å². The molecule has 3 rings (SSSR count). The Kier molecular flexibility index (Phi) is 6.05. The van der Waals surface area contributed by atoms with Gasteiger partial charge in [-0.3, -0.25) is 0 Å². The van der Waals surface area contributed by atoms with Crippen LogP contribution >= 0.6 is 19.2 Å². The summed E-state index contributed by atoms with van der Waals surface area (Å²) in [5.74, 6) is -1.89. The number of nitrogens with one attached hydrogen (secondary N) is 1. The summed E-state index contributed by atoms with van der Waals surface area (Å²) in [5.41, 5.74) is 1.65. The standard InChI is InChI=1S/C19H17ClNO5PS/c20-17-10-6-14(7-11-17)15-8-12-18(13-9-15)28(25,26)21-19(27(22,23)24)16-4-2-1-3-5-16/h1-13,19,21H,(H2,22,23,24)/p-2. The van der Waals surface area contributed by atoms with Crippen molar-refractivity contribution in [3.05, 3.63) is 89.4 Å². The molecule has 146 valence electrons. The fourth-order valence-electron chi connectivity index (χ4n) is 2.63. The molecular weight excluding hydrogens is 421 g/mol. The van der Waals surface area contributed by atoms with Crippen LogP contribution in [-0.4, -0.2) is 8.42 Å². The Morgan fingerprint density at radius 2 is 1.32 bits per heavy atom. The monoisotopic (exact) mass is 435 g/mol. The van der Waals surface area contributed by atoms with Crippen LogP contribution in [0.15, 0.2) is 83.8 Å². The minimum atomic E-state index is -5.28. The molecule has 0 amide bonds. The van der Waals surface area contributed by atoms with E-state index < -0.39 is 23.4 Å². The number of sulfonamides is 1. The number of benzene rings is 3. The van der Waals surface area contributed by atoms with E-state index in [1.54, 1.807) is 42.5 Å². The summed E-state index contributed by atoms with van der Waals surface area (Å²) < 4.78 is 38.9. The number of rotatable bonds is 6. The summed E-state index contributed by atoms with van der Waals surface area (Å²) in [7, 11) is -9.52. The van der Waals surface area contributed by atoms with Crippen molar-refractivity contribution < 1.29 is 22.8 Å². The molecule has 3 aromatic carbocycles. The van der Waals surface area contributed by atoms with Gasteiger partial charge in [-0.15, -0.1) is 0 Å². The Balaban J connectivity index is 1.89. The fraction of sp³-hybridized carbons (Fsp3) is 0.0526. The molecule has 6 nitrogen and oxygen atoms in total. The van der Waals surface area contributed by atoms with E-state index >= 15 is 0 Å². The quantitative estimate of drug-likeness (QED) is 0.599. The number of hydrogen-bond acceptors (Lipinski definition) is 5. The van der Waals surface area contributed by atoms with Crippen LogP contribution in [0.1, 0.15) is 11.3 Å². The molecule has 0 bridgehead atoms. The number of hydrogen-bond donors (Lipinski definition) is 1. The normalized spacial score (nSPS) is 13.2. The third kappa shape index (κ3) is 4.89. The van der Waals surface area contributed by atoms with Crippen LogP contribution in [0.3, 0.4) is 0 Å². The van der Waals surface area contributed by atoms with E-state index in [1.807, 2.05) is 4.72 Å². The predicted molar refractivity (Wildman–Crippen MR) is 104 cm³/mol. The lowest BCUT2D eigenvalue weighted by molar-refractivity contribution is -0.317. The molecular formula is C19H15ClNO5PS-2. The van der Waals surface area contributed by atoms with E-state index in [9.17, 15) is 22.8 Å². The molecule has 0 saturated carbocycles. The Labute approximate surface area is 168 Å². The number of halogens is 1. The van der Waals surface area contributed by atoms with Gasteiger partial charge in [-0.05, 0) is 48.6 Å². The minimum Gasteiger partial charge on any atom is -0.809 e. The molecule has 0 aliphatic heterocycles. The van der Waals surface area contributed by atoms with Crippen molar-refractivity contribution in [3.63, 3.8) is 0 Å². The van der Waals surface area contributed by atoms with Gasteiger partial charge in [0.25, 0.3) is 0 Å². The Morgan fingerprint density at radius 3 is 1.82 bits per heavy atom. The molecule has 0 radical (unpaired) electrons. The van der Waals surface area contributed by atoms with Gasteiger partial charge >= 0.3 is 0 Å². The molecule has 1 unspecified atom stereocenters. The second-order valence-corrected chi connectivity index (χ2v) is 9.75. The van der Waals surface area contributed by atoms with Crippen LogP contribution in [-0.2, 0) is 14.6 Å². The van der Waals surface area contributed by atoms with Crippen LogP contribution in [0.2, 0.25) is 5.02 Å². The average Bonchev–Trinajstić information content (AvgIpc) is 2.67. The highest BCUT2D eigenvalue weighted by Gasteiger charge is 2.24. The summed E-state index contributed by atoms with van der Waals surface area (Å²) in [4.78, 5) is 23.1. The van der Waals surface area contributed by atoms with E-state index in [2.05, 4.69) is 0 Å². The van der Waals surface area contributed by atoms with E-state index in [0.29, 0.717) is 5.02 Å². The third-order valence-electron chi connectivity index (χ3n) is 4.04. The fourth-order valence-corrected chi connectivity index (χ4v) is 5.29.